The number of aliphatic hydroxyl groups excluding tert-OH is 1. The predicted molar refractivity (Wildman–Crippen MR) is 130 cm³/mol. The summed E-state index contributed by atoms with van der Waals surface area (Å²) in [5, 5.41) is 35.1. The van der Waals surface area contributed by atoms with Gasteiger partial charge in [0.25, 0.3) is 11.6 Å². The summed E-state index contributed by atoms with van der Waals surface area (Å²) in [6.45, 7) is 3.18. The van der Waals surface area contributed by atoms with Gasteiger partial charge in [0.1, 0.15) is 0 Å². The van der Waals surface area contributed by atoms with Gasteiger partial charge in [0.05, 0.1) is 23.7 Å². The first-order chi connectivity index (χ1) is 16.8. The second-order valence-electron chi connectivity index (χ2n) is 8.74. The molecule has 35 heavy (non-hydrogen) atoms. The number of anilines is 2. The van der Waals surface area contributed by atoms with Gasteiger partial charge >= 0.3 is 0 Å². The molecule has 2 heterocycles. The molecule has 2 aromatic rings. The Morgan fingerprint density at radius 2 is 2.06 bits per heavy atom. The van der Waals surface area contributed by atoms with Crippen molar-refractivity contribution in [2.24, 2.45) is 5.92 Å². The number of carbonyl (C=O) groups is 2. The fraction of sp³-hybridized carbons (Fsp3) is 0.360. The molecule has 0 radical (unpaired) electrons. The van der Waals surface area contributed by atoms with Crippen LogP contribution in [-0.4, -0.2) is 53.2 Å². The van der Waals surface area contributed by atoms with E-state index in [1.54, 1.807) is 24.0 Å². The molecular formula is C25H28N4O6. The number of piperazine rings is 1. The average Bonchev–Trinajstić information content (AvgIpc) is 3.07. The molecule has 0 aliphatic carbocycles. The number of nitro benzene ring substituents is 1. The highest BCUT2D eigenvalue weighted by Gasteiger charge is 2.53. The molecule has 0 unspecified atom stereocenters. The van der Waals surface area contributed by atoms with Crippen LogP contribution in [0.15, 0.2) is 54.6 Å². The molecular weight excluding hydrogens is 452 g/mol. The zero-order valence-electron chi connectivity index (χ0n) is 19.4. The lowest BCUT2D eigenvalue weighted by Crippen LogP contribution is -2.48. The van der Waals surface area contributed by atoms with Gasteiger partial charge in [-0.15, -0.1) is 0 Å². The number of aliphatic hydroxyl groups is 2. The maximum atomic E-state index is 13.6. The minimum absolute atomic E-state index is 0.0406. The summed E-state index contributed by atoms with van der Waals surface area (Å²) in [6.07, 6.45) is 3.66. The van der Waals surface area contributed by atoms with Crippen molar-refractivity contribution in [3.63, 3.8) is 0 Å². The van der Waals surface area contributed by atoms with Gasteiger partial charge in [-0.05, 0) is 30.2 Å². The van der Waals surface area contributed by atoms with Crippen LogP contribution in [0.2, 0.25) is 0 Å². The Labute approximate surface area is 202 Å². The molecule has 10 heteroatoms. The molecule has 4 rings (SSSR count). The molecule has 3 N–H and O–H groups in total. The number of fused-ring (bicyclic) bond motifs is 1. The van der Waals surface area contributed by atoms with E-state index >= 15 is 0 Å². The largest absolute Gasteiger partial charge is 0.396 e. The number of rotatable bonds is 8. The molecule has 184 valence electrons. The van der Waals surface area contributed by atoms with Crippen LogP contribution >= 0.6 is 0 Å². The minimum Gasteiger partial charge on any atom is -0.396 e. The molecule has 1 saturated heterocycles. The first-order valence-corrected chi connectivity index (χ1v) is 11.5. The Kier molecular flexibility index (Phi) is 6.97. The third-order valence-corrected chi connectivity index (χ3v) is 6.50. The number of hydrogen-bond acceptors (Lipinski definition) is 7. The summed E-state index contributed by atoms with van der Waals surface area (Å²) in [7, 11) is 0. The van der Waals surface area contributed by atoms with Crippen LogP contribution in [0.1, 0.15) is 24.5 Å². The lowest BCUT2D eigenvalue weighted by atomic mass is 9.82. The van der Waals surface area contributed by atoms with Crippen LogP contribution in [0.25, 0.3) is 0 Å². The lowest BCUT2D eigenvalue weighted by Gasteiger charge is -2.29. The standard InChI is InChI=1S/C25H28N4O6/c1-17(5-2-3-12-30)25(33)21-14-20(29(34)35)8-9-22(21)28(24(25)32)16-18-6-4-7-19(13-18)27-11-10-26-15-23(27)31/h2,4-9,13-14,17,26,30,33H,3,10-12,15-16H2,1H3/b5-2+/t17-,25+/m1/s1. The SMILES string of the molecule is C[C@H](/C=C/CCO)[C@@]1(O)C(=O)N(Cc2cccc(N3CCNCC3=O)c2)c2ccc([N+](=O)[O-])cc21. The Bertz CT molecular complexity index is 1180. The molecule has 2 aliphatic heterocycles. The van der Waals surface area contributed by atoms with Gasteiger partial charge in [-0.25, -0.2) is 0 Å². The zero-order valence-corrected chi connectivity index (χ0v) is 19.4. The van der Waals surface area contributed by atoms with Gasteiger partial charge in [-0.1, -0.05) is 31.2 Å². The maximum Gasteiger partial charge on any atom is 0.269 e. The summed E-state index contributed by atoms with van der Waals surface area (Å²) < 4.78 is 0. The van der Waals surface area contributed by atoms with Crippen LogP contribution in [0, 0.1) is 16.0 Å². The van der Waals surface area contributed by atoms with Gasteiger partial charge in [0, 0.05) is 49.0 Å². The van der Waals surface area contributed by atoms with Crippen molar-refractivity contribution < 1.29 is 24.7 Å². The van der Waals surface area contributed by atoms with Crippen LogP contribution in [0.3, 0.4) is 0 Å². The van der Waals surface area contributed by atoms with Gasteiger partial charge in [0.2, 0.25) is 5.91 Å². The summed E-state index contributed by atoms with van der Waals surface area (Å²) >= 11 is 0. The number of nitro groups is 1. The summed E-state index contributed by atoms with van der Waals surface area (Å²) in [5.74, 6) is -1.32. The highest BCUT2D eigenvalue weighted by atomic mass is 16.6. The van der Waals surface area contributed by atoms with Crippen LogP contribution in [0.5, 0.6) is 0 Å². The van der Waals surface area contributed by atoms with Crippen molar-refractivity contribution in [3.8, 4) is 0 Å². The van der Waals surface area contributed by atoms with Crippen molar-refractivity contribution in [2.75, 3.05) is 36.0 Å². The molecule has 10 nitrogen and oxygen atoms in total. The van der Waals surface area contributed by atoms with Crippen LogP contribution in [0.4, 0.5) is 17.1 Å². The molecule has 2 atom stereocenters. The second kappa shape index (κ2) is 9.95. The first kappa shape index (κ1) is 24.5. The van der Waals surface area contributed by atoms with Crippen molar-refractivity contribution in [1.82, 2.24) is 5.32 Å². The molecule has 0 aromatic heterocycles. The highest BCUT2D eigenvalue weighted by Crippen LogP contribution is 2.47. The van der Waals surface area contributed by atoms with Crippen LogP contribution < -0.4 is 15.1 Å². The maximum absolute atomic E-state index is 13.6. The smallest absolute Gasteiger partial charge is 0.269 e. The summed E-state index contributed by atoms with van der Waals surface area (Å²) in [5.41, 5.74) is -0.179. The third kappa shape index (κ3) is 4.55. The van der Waals surface area contributed by atoms with Gasteiger partial charge in [-0.2, -0.15) is 0 Å². The Morgan fingerprint density at radius 1 is 1.26 bits per heavy atom. The van der Waals surface area contributed by atoms with Gasteiger partial charge in [-0.3, -0.25) is 19.7 Å². The van der Waals surface area contributed by atoms with Crippen molar-refractivity contribution >= 4 is 28.9 Å². The number of nitrogens with one attached hydrogen (secondary N) is 1. The number of nitrogens with zero attached hydrogens (tertiary/aromatic N) is 3. The number of non-ortho nitro benzene ring substituents is 1. The quantitative estimate of drug-likeness (QED) is 0.298. The first-order valence-electron chi connectivity index (χ1n) is 11.5. The Hall–Kier alpha value is -3.60. The van der Waals surface area contributed by atoms with Gasteiger partial charge in [0.15, 0.2) is 5.60 Å². The van der Waals surface area contributed by atoms with E-state index in [1.165, 1.54) is 23.1 Å². The molecule has 0 bridgehead atoms. The number of benzene rings is 2. The monoisotopic (exact) mass is 480 g/mol. The second-order valence-corrected chi connectivity index (χ2v) is 8.74. The lowest BCUT2D eigenvalue weighted by molar-refractivity contribution is -0.385. The summed E-state index contributed by atoms with van der Waals surface area (Å²) in [4.78, 5) is 39.9. The van der Waals surface area contributed by atoms with E-state index in [0.29, 0.717) is 25.2 Å². The van der Waals surface area contributed by atoms with E-state index in [2.05, 4.69) is 5.32 Å². The van der Waals surface area contributed by atoms with Crippen LogP contribution in [-0.2, 0) is 21.7 Å². The number of amides is 2. The Balaban J connectivity index is 1.70. The highest BCUT2D eigenvalue weighted by molar-refractivity contribution is 6.07. The topological polar surface area (TPSA) is 136 Å². The van der Waals surface area contributed by atoms with Crippen molar-refractivity contribution in [1.29, 1.82) is 0 Å². The minimum atomic E-state index is -2.00. The van der Waals surface area contributed by atoms with Gasteiger partial charge < -0.3 is 25.3 Å². The van der Waals surface area contributed by atoms with E-state index in [4.69, 9.17) is 5.11 Å². The fourth-order valence-corrected chi connectivity index (χ4v) is 4.60. The molecule has 0 spiro atoms. The Morgan fingerprint density at radius 3 is 2.77 bits per heavy atom. The van der Waals surface area contributed by atoms with Crippen molar-refractivity contribution in [3.05, 3.63) is 75.9 Å². The van der Waals surface area contributed by atoms with E-state index in [0.717, 1.165) is 11.3 Å². The van der Waals surface area contributed by atoms with E-state index < -0.39 is 22.3 Å². The molecule has 1 fully saturated rings. The predicted octanol–water partition coefficient (Wildman–Crippen LogP) is 1.84. The van der Waals surface area contributed by atoms with E-state index in [-0.39, 0.29) is 36.9 Å². The fourth-order valence-electron chi connectivity index (χ4n) is 4.60. The molecule has 2 amide bonds. The van der Waals surface area contributed by atoms with E-state index in [9.17, 15) is 24.8 Å². The third-order valence-electron chi connectivity index (χ3n) is 6.50. The summed E-state index contributed by atoms with van der Waals surface area (Å²) in [6, 6.07) is 11.4. The number of carbonyl (C=O) groups excluding carboxylic acids is 2. The average molecular weight is 481 g/mol. The molecule has 2 aliphatic rings. The zero-order chi connectivity index (χ0) is 25.2. The van der Waals surface area contributed by atoms with Crippen molar-refractivity contribution in [2.45, 2.75) is 25.5 Å². The normalized spacial score (nSPS) is 21.0. The number of hydrogen-bond donors (Lipinski definition) is 3. The molecule has 2 aromatic carbocycles. The van der Waals surface area contributed by atoms with E-state index in [1.807, 2.05) is 24.3 Å². The molecule has 0 saturated carbocycles.